The molecule has 2 aromatic heterocycles. The van der Waals surface area contributed by atoms with Gasteiger partial charge in [0.1, 0.15) is 5.82 Å². The van der Waals surface area contributed by atoms with Gasteiger partial charge in [0.05, 0.1) is 6.54 Å². The zero-order valence-electron chi connectivity index (χ0n) is 12.2. The summed E-state index contributed by atoms with van der Waals surface area (Å²) in [4.78, 5) is 6.64. The molecule has 22 heavy (non-hydrogen) atoms. The predicted molar refractivity (Wildman–Crippen MR) is 76.6 cm³/mol. The van der Waals surface area contributed by atoms with Gasteiger partial charge in [-0.25, -0.2) is 4.98 Å². The molecule has 0 aliphatic carbocycles. The SMILES string of the molecule is C[C@@H]1CCN(c2ccc(Cn3ccc(C(F)(F)F)n3)cn2)C1. The van der Waals surface area contributed by atoms with Crippen LogP contribution in [0, 0.1) is 5.92 Å². The maximum atomic E-state index is 12.5. The quantitative estimate of drug-likeness (QED) is 0.873. The molecule has 0 bridgehead atoms. The first-order valence-electron chi connectivity index (χ1n) is 7.22. The monoisotopic (exact) mass is 310 g/mol. The highest BCUT2D eigenvalue weighted by molar-refractivity contribution is 5.40. The van der Waals surface area contributed by atoms with Crippen molar-refractivity contribution < 1.29 is 13.2 Å². The number of halogens is 3. The molecule has 2 aromatic rings. The van der Waals surface area contributed by atoms with Gasteiger partial charge in [-0.05, 0) is 30.0 Å². The number of aromatic nitrogens is 3. The lowest BCUT2D eigenvalue weighted by atomic mass is 10.2. The van der Waals surface area contributed by atoms with Crippen molar-refractivity contribution in [2.24, 2.45) is 5.92 Å². The molecule has 0 amide bonds. The predicted octanol–water partition coefficient (Wildman–Crippen LogP) is 3.19. The van der Waals surface area contributed by atoms with Gasteiger partial charge >= 0.3 is 6.18 Å². The van der Waals surface area contributed by atoms with Gasteiger partial charge in [-0.1, -0.05) is 13.0 Å². The minimum atomic E-state index is -4.40. The van der Waals surface area contributed by atoms with E-state index in [1.54, 1.807) is 6.20 Å². The lowest BCUT2D eigenvalue weighted by molar-refractivity contribution is -0.141. The molecule has 0 spiro atoms. The van der Waals surface area contributed by atoms with Crippen LogP contribution in [0.4, 0.5) is 19.0 Å². The highest BCUT2D eigenvalue weighted by atomic mass is 19.4. The molecule has 0 radical (unpaired) electrons. The largest absolute Gasteiger partial charge is 0.435 e. The normalized spacial score (nSPS) is 18.9. The van der Waals surface area contributed by atoms with Crippen molar-refractivity contribution in [1.82, 2.24) is 14.8 Å². The van der Waals surface area contributed by atoms with E-state index in [4.69, 9.17) is 0 Å². The van der Waals surface area contributed by atoms with Crippen LogP contribution in [0.15, 0.2) is 30.6 Å². The molecule has 1 fully saturated rings. The molecule has 7 heteroatoms. The summed E-state index contributed by atoms with van der Waals surface area (Å²) in [5.74, 6) is 1.59. The molecule has 0 N–H and O–H groups in total. The lowest BCUT2D eigenvalue weighted by Crippen LogP contribution is -2.20. The number of alkyl halides is 3. The molecular formula is C15H17F3N4. The Morgan fingerprint density at radius 3 is 2.64 bits per heavy atom. The van der Waals surface area contributed by atoms with E-state index in [1.807, 2.05) is 12.1 Å². The number of anilines is 1. The first-order chi connectivity index (χ1) is 10.4. The molecule has 4 nitrogen and oxygen atoms in total. The van der Waals surface area contributed by atoms with E-state index in [2.05, 4.69) is 21.9 Å². The smallest absolute Gasteiger partial charge is 0.356 e. The second kappa shape index (κ2) is 5.62. The Balaban J connectivity index is 1.67. The molecule has 3 heterocycles. The zero-order chi connectivity index (χ0) is 15.7. The maximum Gasteiger partial charge on any atom is 0.435 e. The third kappa shape index (κ3) is 3.23. The highest BCUT2D eigenvalue weighted by Crippen LogP contribution is 2.27. The van der Waals surface area contributed by atoms with Crippen LogP contribution >= 0.6 is 0 Å². The van der Waals surface area contributed by atoms with Crippen molar-refractivity contribution in [3.63, 3.8) is 0 Å². The van der Waals surface area contributed by atoms with Gasteiger partial charge in [-0.2, -0.15) is 18.3 Å². The highest BCUT2D eigenvalue weighted by Gasteiger charge is 2.33. The molecule has 0 unspecified atom stereocenters. The van der Waals surface area contributed by atoms with Gasteiger partial charge in [-0.15, -0.1) is 0 Å². The second-order valence-electron chi connectivity index (χ2n) is 5.76. The molecule has 118 valence electrons. The van der Waals surface area contributed by atoms with E-state index in [0.717, 1.165) is 37.0 Å². The molecule has 3 rings (SSSR count). The van der Waals surface area contributed by atoms with Crippen LogP contribution in [0.3, 0.4) is 0 Å². The Labute approximate surface area is 126 Å². The number of pyridine rings is 1. The summed E-state index contributed by atoms with van der Waals surface area (Å²) in [6.07, 6.45) is -0.205. The summed E-state index contributed by atoms with van der Waals surface area (Å²) in [5, 5.41) is 3.54. The van der Waals surface area contributed by atoms with Crippen molar-refractivity contribution >= 4 is 5.82 Å². The van der Waals surface area contributed by atoms with Gasteiger partial charge in [0, 0.05) is 25.5 Å². The van der Waals surface area contributed by atoms with E-state index >= 15 is 0 Å². The fraction of sp³-hybridized carbons (Fsp3) is 0.467. The third-order valence-corrected chi connectivity index (χ3v) is 3.83. The number of nitrogens with zero attached hydrogens (tertiary/aromatic N) is 4. The third-order valence-electron chi connectivity index (χ3n) is 3.83. The molecule has 0 aromatic carbocycles. The maximum absolute atomic E-state index is 12.5. The number of hydrogen-bond donors (Lipinski definition) is 0. The second-order valence-corrected chi connectivity index (χ2v) is 5.76. The van der Waals surface area contributed by atoms with Crippen molar-refractivity contribution in [2.45, 2.75) is 26.1 Å². The Kier molecular flexibility index (Phi) is 3.80. The van der Waals surface area contributed by atoms with Gasteiger partial charge in [0.2, 0.25) is 0 Å². The first-order valence-corrected chi connectivity index (χ1v) is 7.22. The molecule has 1 aliphatic rings. The summed E-state index contributed by atoms with van der Waals surface area (Å²) < 4.78 is 38.8. The van der Waals surface area contributed by atoms with Crippen molar-refractivity contribution in [1.29, 1.82) is 0 Å². The Hall–Kier alpha value is -2.05. The summed E-state index contributed by atoms with van der Waals surface area (Å²) in [5.41, 5.74) is -0.0454. The van der Waals surface area contributed by atoms with Gasteiger partial charge in [0.25, 0.3) is 0 Å². The summed E-state index contributed by atoms with van der Waals surface area (Å²) >= 11 is 0. The van der Waals surface area contributed by atoms with Gasteiger partial charge in [0.15, 0.2) is 5.69 Å². The van der Waals surface area contributed by atoms with E-state index in [-0.39, 0.29) is 6.54 Å². The fourth-order valence-corrected chi connectivity index (χ4v) is 2.63. The Morgan fingerprint density at radius 2 is 2.09 bits per heavy atom. The standard InChI is InChI=1S/C15H17F3N4/c1-11-4-6-21(9-11)14-3-2-12(8-19-14)10-22-7-5-13(20-22)15(16,17)18/h2-3,5,7-8,11H,4,6,9-10H2,1H3/t11-/m1/s1. The minimum Gasteiger partial charge on any atom is -0.356 e. The summed E-state index contributed by atoms with van der Waals surface area (Å²) in [6.45, 7) is 4.49. The van der Waals surface area contributed by atoms with Crippen LogP contribution in [-0.4, -0.2) is 27.9 Å². The van der Waals surface area contributed by atoms with E-state index in [1.165, 1.54) is 10.9 Å². The van der Waals surface area contributed by atoms with E-state index in [0.29, 0.717) is 5.92 Å². The first kappa shape index (κ1) is 14.9. The Morgan fingerprint density at radius 1 is 1.27 bits per heavy atom. The number of hydrogen-bond acceptors (Lipinski definition) is 3. The molecule has 1 saturated heterocycles. The average Bonchev–Trinajstić information content (AvgIpc) is 3.08. The van der Waals surface area contributed by atoms with Crippen molar-refractivity contribution in [2.75, 3.05) is 18.0 Å². The van der Waals surface area contributed by atoms with Crippen LogP contribution in [0.5, 0.6) is 0 Å². The van der Waals surface area contributed by atoms with Crippen LogP contribution in [0.2, 0.25) is 0 Å². The van der Waals surface area contributed by atoms with E-state index < -0.39 is 11.9 Å². The van der Waals surface area contributed by atoms with E-state index in [9.17, 15) is 13.2 Å². The van der Waals surface area contributed by atoms with Crippen LogP contribution < -0.4 is 4.90 Å². The van der Waals surface area contributed by atoms with Crippen molar-refractivity contribution in [3.05, 3.63) is 41.9 Å². The average molecular weight is 310 g/mol. The van der Waals surface area contributed by atoms with Crippen LogP contribution in [0.25, 0.3) is 0 Å². The Bertz CT molecular complexity index is 633. The minimum absolute atomic E-state index is 0.278. The molecule has 0 saturated carbocycles. The fourth-order valence-electron chi connectivity index (χ4n) is 2.63. The van der Waals surface area contributed by atoms with Gasteiger partial charge < -0.3 is 4.90 Å². The van der Waals surface area contributed by atoms with Crippen LogP contribution in [0.1, 0.15) is 24.6 Å². The van der Waals surface area contributed by atoms with Crippen LogP contribution in [-0.2, 0) is 12.7 Å². The number of rotatable bonds is 3. The molecule has 1 aliphatic heterocycles. The zero-order valence-corrected chi connectivity index (χ0v) is 12.2. The summed E-state index contributed by atoms with van der Waals surface area (Å²) in [6, 6.07) is 4.79. The lowest BCUT2D eigenvalue weighted by Gasteiger charge is -2.17. The molecular weight excluding hydrogens is 293 g/mol. The molecule has 1 atom stereocenters. The van der Waals surface area contributed by atoms with Gasteiger partial charge in [-0.3, -0.25) is 4.68 Å². The summed E-state index contributed by atoms with van der Waals surface area (Å²) in [7, 11) is 0. The topological polar surface area (TPSA) is 34.0 Å². The van der Waals surface area contributed by atoms with Crippen molar-refractivity contribution in [3.8, 4) is 0 Å².